The van der Waals surface area contributed by atoms with Gasteiger partial charge in [0.25, 0.3) is 0 Å². The van der Waals surface area contributed by atoms with Gasteiger partial charge in [0.15, 0.2) is 0 Å². The number of amides is 1. The van der Waals surface area contributed by atoms with Crippen LogP contribution in [-0.4, -0.2) is 34.9 Å². The molecule has 1 amide bonds. The summed E-state index contributed by atoms with van der Waals surface area (Å²) >= 11 is 0. The molecule has 0 radical (unpaired) electrons. The highest BCUT2D eigenvalue weighted by molar-refractivity contribution is 5.76. The van der Waals surface area contributed by atoms with E-state index in [1.54, 1.807) is 0 Å². The fourth-order valence-electron chi connectivity index (χ4n) is 8.39. The van der Waals surface area contributed by atoms with Crippen LogP contribution >= 0.6 is 0 Å². The number of aliphatic hydroxyl groups is 2. The molecule has 3 N–H and O–H groups in total. The van der Waals surface area contributed by atoms with E-state index in [2.05, 4.69) is 43.5 Å². The Morgan fingerprint density at radius 3 is 1.03 bits per heavy atom. The molecule has 2 atom stereocenters. The van der Waals surface area contributed by atoms with E-state index in [0.717, 1.165) is 32.1 Å². The highest BCUT2D eigenvalue weighted by Gasteiger charge is 2.20. The molecule has 0 heterocycles. The lowest BCUT2D eigenvalue weighted by atomic mass is 10.0. The molecule has 58 heavy (non-hydrogen) atoms. The van der Waals surface area contributed by atoms with Gasteiger partial charge in [0, 0.05) is 6.42 Å². The Morgan fingerprint density at radius 1 is 0.414 bits per heavy atom. The molecular formula is C54H105NO3. The molecule has 0 spiro atoms. The standard InChI is InChI=1S/C54H105NO3/c1-3-5-7-9-11-13-15-17-19-21-23-25-26-27-28-30-31-33-35-37-39-41-43-45-47-49-53(57)52(51-56)55-54(58)50-48-46-44-42-40-38-36-34-32-29-24-22-20-18-16-14-12-10-8-6-4-2/h16,18,22,24,52-53,56-57H,3-15,17,19-21,23,25-51H2,1-2H3,(H,55,58)/b18-16-,24-22-. The van der Waals surface area contributed by atoms with Crippen molar-refractivity contribution in [2.45, 2.75) is 309 Å². The maximum absolute atomic E-state index is 12.5. The van der Waals surface area contributed by atoms with Gasteiger partial charge >= 0.3 is 0 Å². The first-order chi connectivity index (χ1) is 28.7. The lowest BCUT2D eigenvalue weighted by Gasteiger charge is -2.22. The number of aliphatic hydroxyl groups excluding tert-OH is 2. The summed E-state index contributed by atoms with van der Waals surface area (Å²) in [5.74, 6) is -0.0317. The molecule has 0 fully saturated rings. The molecule has 0 bridgehead atoms. The molecule has 4 nitrogen and oxygen atoms in total. The average Bonchev–Trinajstić information content (AvgIpc) is 3.23. The maximum atomic E-state index is 12.5. The lowest BCUT2D eigenvalue weighted by molar-refractivity contribution is -0.123. The molecule has 2 unspecified atom stereocenters. The van der Waals surface area contributed by atoms with Crippen LogP contribution in [0.25, 0.3) is 0 Å². The van der Waals surface area contributed by atoms with Gasteiger partial charge in [0.05, 0.1) is 18.8 Å². The first-order valence-electron chi connectivity index (χ1n) is 26.5. The molecule has 0 aliphatic rings. The molecule has 0 aliphatic heterocycles. The largest absolute Gasteiger partial charge is 0.394 e. The number of carbonyl (C=O) groups is 1. The zero-order valence-corrected chi connectivity index (χ0v) is 39.6. The van der Waals surface area contributed by atoms with Gasteiger partial charge < -0.3 is 15.5 Å². The van der Waals surface area contributed by atoms with E-state index in [1.165, 1.54) is 238 Å². The van der Waals surface area contributed by atoms with Gasteiger partial charge in [0.2, 0.25) is 5.91 Å². The minimum absolute atomic E-state index is 0.0317. The first kappa shape index (κ1) is 56.9. The van der Waals surface area contributed by atoms with Gasteiger partial charge in [-0.1, -0.05) is 269 Å². The van der Waals surface area contributed by atoms with Crippen molar-refractivity contribution in [2.75, 3.05) is 6.61 Å². The molecular weight excluding hydrogens is 711 g/mol. The van der Waals surface area contributed by atoms with E-state index in [-0.39, 0.29) is 12.5 Å². The van der Waals surface area contributed by atoms with Crippen LogP contribution in [0.5, 0.6) is 0 Å². The lowest BCUT2D eigenvalue weighted by Crippen LogP contribution is -2.45. The summed E-state index contributed by atoms with van der Waals surface area (Å²) in [7, 11) is 0. The Morgan fingerprint density at radius 2 is 0.707 bits per heavy atom. The monoisotopic (exact) mass is 816 g/mol. The highest BCUT2D eigenvalue weighted by atomic mass is 16.3. The van der Waals surface area contributed by atoms with Crippen LogP contribution in [0.15, 0.2) is 24.3 Å². The molecule has 4 heteroatoms. The van der Waals surface area contributed by atoms with Gasteiger partial charge in [-0.2, -0.15) is 0 Å². The number of hydrogen-bond acceptors (Lipinski definition) is 3. The van der Waals surface area contributed by atoms with Crippen LogP contribution in [0.4, 0.5) is 0 Å². The maximum Gasteiger partial charge on any atom is 0.220 e. The van der Waals surface area contributed by atoms with E-state index < -0.39 is 12.1 Å². The Kier molecular flexibility index (Phi) is 49.2. The van der Waals surface area contributed by atoms with Gasteiger partial charge in [-0.05, 0) is 44.9 Å². The molecule has 0 aliphatic carbocycles. The van der Waals surface area contributed by atoms with Crippen LogP contribution < -0.4 is 5.32 Å². The number of unbranched alkanes of at least 4 members (excludes halogenated alkanes) is 38. The second-order valence-corrected chi connectivity index (χ2v) is 18.3. The number of nitrogens with one attached hydrogen (secondary N) is 1. The minimum Gasteiger partial charge on any atom is -0.394 e. The van der Waals surface area contributed by atoms with E-state index in [4.69, 9.17) is 0 Å². The van der Waals surface area contributed by atoms with Crippen molar-refractivity contribution < 1.29 is 15.0 Å². The van der Waals surface area contributed by atoms with E-state index in [1.807, 2.05) is 0 Å². The summed E-state index contributed by atoms with van der Waals surface area (Å²) < 4.78 is 0. The predicted octanol–water partition coefficient (Wildman–Crippen LogP) is 17.1. The number of rotatable bonds is 49. The fraction of sp³-hybridized carbons (Fsp3) is 0.907. The zero-order valence-electron chi connectivity index (χ0n) is 39.6. The summed E-state index contributed by atoms with van der Waals surface area (Å²) in [6.07, 6.45) is 65.8. The molecule has 344 valence electrons. The second-order valence-electron chi connectivity index (χ2n) is 18.3. The average molecular weight is 816 g/mol. The number of hydrogen-bond donors (Lipinski definition) is 3. The Hall–Kier alpha value is -1.13. The van der Waals surface area contributed by atoms with E-state index in [9.17, 15) is 15.0 Å². The highest BCUT2D eigenvalue weighted by Crippen LogP contribution is 2.17. The predicted molar refractivity (Wildman–Crippen MR) is 258 cm³/mol. The van der Waals surface area contributed by atoms with E-state index >= 15 is 0 Å². The van der Waals surface area contributed by atoms with Gasteiger partial charge in [-0.25, -0.2) is 0 Å². The number of allylic oxidation sites excluding steroid dienone is 4. The van der Waals surface area contributed by atoms with Crippen molar-refractivity contribution in [3.63, 3.8) is 0 Å². The van der Waals surface area contributed by atoms with Crippen LogP contribution in [0, 0.1) is 0 Å². The molecule has 0 aromatic heterocycles. The van der Waals surface area contributed by atoms with Crippen molar-refractivity contribution in [2.24, 2.45) is 0 Å². The van der Waals surface area contributed by atoms with Crippen molar-refractivity contribution in [1.29, 1.82) is 0 Å². The molecule has 0 saturated carbocycles. The smallest absolute Gasteiger partial charge is 0.220 e. The van der Waals surface area contributed by atoms with Gasteiger partial charge in [-0.15, -0.1) is 0 Å². The van der Waals surface area contributed by atoms with Crippen LogP contribution in [0.1, 0.15) is 296 Å². The third-order valence-corrected chi connectivity index (χ3v) is 12.5. The summed E-state index contributed by atoms with van der Waals surface area (Å²) in [5, 5.41) is 23.3. The SMILES string of the molecule is CCCCCCC/C=C\C/C=C\CCCCCCCCCCCC(=O)NC(CO)C(O)CCCCCCCCCCCCCCCCCCCCCCCCCCC. The quantitative estimate of drug-likeness (QED) is 0.0423. The van der Waals surface area contributed by atoms with Crippen LogP contribution in [0.3, 0.4) is 0 Å². The van der Waals surface area contributed by atoms with Crippen LogP contribution in [0.2, 0.25) is 0 Å². The number of carbonyl (C=O) groups excluding carboxylic acids is 1. The first-order valence-corrected chi connectivity index (χ1v) is 26.5. The zero-order chi connectivity index (χ0) is 42.1. The van der Waals surface area contributed by atoms with Crippen molar-refractivity contribution in [3.05, 3.63) is 24.3 Å². The van der Waals surface area contributed by atoms with E-state index in [0.29, 0.717) is 12.8 Å². The van der Waals surface area contributed by atoms with Crippen molar-refractivity contribution in [1.82, 2.24) is 5.32 Å². The second kappa shape index (κ2) is 50.2. The molecule has 0 saturated heterocycles. The summed E-state index contributed by atoms with van der Waals surface area (Å²) in [6.45, 7) is 4.38. The Bertz CT molecular complexity index is 840. The Balaban J connectivity index is 3.46. The summed E-state index contributed by atoms with van der Waals surface area (Å²) in [6, 6.07) is -0.538. The molecule has 0 aromatic carbocycles. The van der Waals surface area contributed by atoms with Gasteiger partial charge in [-0.3, -0.25) is 4.79 Å². The third-order valence-electron chi connectivity index (χ3n) is 12.5. The summed E-state index contributed by atoms with van der Waals surface area (Å²) in [4.78, 5) is 12.5. The molecule has 0 rings (SSSR count). The van der Waals surface area contributed by atoms with Crippen molar-refractivity contribution >= 4 is 5.91 Å². The summed E-state index contributed by atoms with van der Waals surface area (Å²) in [5.41, 5.74) is 0. The molecule has 0 aromatic rings. The normalized spacial score (nSPS) is 13.0. The minimum atomic E-state index is -0.661. The fourth-order valence-corrected chi connectivity index (χ4v) is 8.39. The van der Waals surface area contributed by atoms with Gasteiger partial charge in [0.1, 0.15) is 0 Å². The van der Waals surface area contributed by atoms with Crippen molar-refractivity contribution in [3.8, 4) is 0 Å². The Labute approximate surface area is 364 Å². The third kappa shape index (κ3) is 45.9. The van der Waals surface area contributed by atoms with Crippen LogP contribution in [-0.2, 0) is 4.79 Å². The topological polar surface area (TPSA) is 69.6 Å².